The number of ether oxygens (including phenoxy) is 2. The summed E-state index contributed by atoms with van der Waals surface area (Å²) >= 11 is 0. The van der Waals surface area contributed by atoms with Gasteiger partial charge in [-0.15, -0.1) is 0 Å². The molecule has 0 saturated carbocycles. The molecule has 2 saturated heterocycles. The largest absolute Gasteiger partial charge is 0.481 e. The van der Waals surface area contributed by atoms with Gasteiger partial charge in [-0.05, 0) is 31.9 Å². The number of hydrogen-bond donors (Lipinski definition) is 0. The van der Waals surface area contributed by atoms with E-state index in [1.807, 2.05) is 35.2 Å². The van der Waals surface area contributed by atoms with Crippen LogP contribution < -0.4 is 4.74 Å². The molecular weight excluding hydrogens is 308 g/mol. The summed E-state index contributed by atoms with van der Waals surface area (Å²) < 4.78 is 11.1. The van der Waals surface area contributed by atoms with E-state index in [-0.39, 0.29) is 17.9 Å². The van der Waals surface area contributed by atoms with E-state index in [4.69, 9.17) is 9.47 Å². The van der Waals surface area contributed by atoms with Crippen LogP contribution >= 0.6 is 0 Å². The first-order valence-electron chi connectivity index (χ1n) is 8.56. The molecule has 0 radical (unpaired) electrons. The molecule has 2 atom stereocenters. The average Bonchev–Trinajstić information content (AvgIpc) is 3.16. The number of rotatable bonds is 4. The maximum Gasteiger partial charge on any atom is 0.263 e. The summed E-state index contributed by atoms with van der Waals surface area (Å²) in [7, 11) is 0. The molecule has 1 aromatic rings. The molecular formula is C18H24N2O4. The van der Waals surface area contributed by atoms with Gasteiger partial charge in [0, 0.05) is 32.8 Å². The van der Waals surface area contributed by atoms with Gasteiger partial charge >= 0.3 is 0 Å². The number of carbonyl (C=O) groups is 2. The normalized spacial score (nSPS) is 22.3. The molecule has 2 heterocycles. The zero-order valence-corrected chi connectivity index (χ0v) is 14.0. The number of nitrogens with zero attached hydrogens (tertiary/aromatic N) is 2. The second-order valence-electron chi connectivity index (χ2n) is 6.23. The van der Waals surface area contributed by atoms with Crippen LogP contribution in [0.1, 0.15) is 19.8 Å². The van der Waals surface area contributed by atoms with Crippen molar-refractivity contribution >= 4 is 11.8 Å². The van der Waals surface area contributed by atoms with Gasteiger partial charge in [-0.3, -0.25) is 9.59 Å². The molecule has 0 aromatic heterocycles. The minimum absolute atomic E-state index is 0.0388. The molecule has 1 aromatic carbocycles. The Morgan fingerprint density at radius 2 is 1.79 bits per heavy atom. The molecule has 0 spiro atoms. The Hall–Kier alpha value is -2.08. The highest BCUT2D eigenvalue weighted by Gasteiger charge is 2.32. The highest BCUT2D eigenvalue weighted by molar-refractivity contribution is 5.83. The molecule has 0 N–H and O–H groups in total. The van der Waals surface area contributed by atoms with E-state index in [0.717, 1.165) is 12.8 Å². The first-order valence-corrected chi connectivity index (χ1v) is 8.56. The van der Waals surface area contributed by atoms with Crippen LogP contribution in [0, 0.1) is 0 Å². The molecule has 130 valence electrons. The van der Waals surface area contributed by atoms with Gasteiger partial charge in [0.2, 0.25) is 0 Å². The van der Waals surface area contributed by atoms with E-state index >= 15 is 0 Å². The Balaban J connectivity index is 1.48. The Morgan fingerprint density at radius 1 is 1.12 bits per heavy atom. The van der Waals surface area contributed by atoms with Crippen molar-refractivity contribution in [3.8, 4) is 5.75 Å². The Morgan fingerprint density at radius 3 is 2.42 bits per heavy atom. The van der Waals surface area contributed by atoms with Crippen LogP contribution in [0.15, 0.2) is 30.3 Å². The van der Waals surface area contributed by atoms with Gasteiger partial charge in [0.05, 0.1) is 0 Å². The van der Waals surface area contributed by atoms with Gasteiger partial charge in [0.1, 0.15) is 11.9 Å². The maximum absolute atomic E-state index is 12.5. The maximum atomic E-state index is 12.5. The highest BCUT2D eigenvalue weighted by Crippen LogP contribution is 2.17. The fraction of sp³-hybridized carbons (Fsp3) is 0.556. The lowest BCUT2D eigenvalue weighted by molar-refractivity contribution is -0.148. The topological polar surface area (TPSA) is 59.1 Å². The molecule has 2 fully saturated rings. The molecule has 6 nitrogen and oxygen atoms in total. The first-order chi connectivity index (χ1) is 11.6. The third-order valence-corrected chi connectivity index (χ3v) is 4.51. The van der Waals surface area contributed by atoms with Crippen molar-refractivity contribution in [1.29, 1.82) is 0 Å². The van der Waals surface area contributed by atoms with E-state index in [0.29, 0.717) is 38.5 Å². The fourth-order valence-electron chi connectivity index (χ4n) is 3.13. The number of para-hydroxylation sites is 1. The molecule has 2 aliphatic rings. The van der Waals surface area contributed by atoms with Crippen molar-refractivity contribution in [3.63, 3.8) is 0 Å². The summed E-state index contributed by atoms with van der Waals surface area (Å²) in [6, 6.07) is 9.33. The van der Waals surface area contributed by atoms with Crippen LogP contribution in [0.25, 0.3) is 0 Å². The van der Waals surface area contributed by atoms with Crippen LogP contribution in [-0.2, 0) is 14.3 Å². The van der Waals surface area contributed by atoms with Crippen LogP contribution in [0.3, 0.4) is 0 Å². The summed E-state index contributed by atoms with van der Waals surface area (Å²) in [5.41, 5.74) is 0. The summed E-state index contributed by atoms with van der Waals surface area (Å²) in [6.07, 6.45) is 0.934. The molecule has 0 aliphatic carbocycles. The van der Waals surface area contributed by atoms with E-state index in [2.05, 4.69) is 0 Å². The zero-order valence-electron chi connectivity index (χ0n) is 14.0. The van der Waals surface area contributed by atoms with Gasteiger partial charge in [0.25, 0.3) is 11.8 Å². The predicted molar refractivity (Wildman–Crippen MR) is 88.7 cm³/mol. The van der Waals surface area contributed by atoms with Crippen molar-refractivity contribution in [2.75, 3.05) is 32.8 Å². The third-order valence-electron chi connectivity index (χ3n) is 4.51. The van der Waals surface area contributed by atoms with Crippen LogP contribution in [0.5, 0.6) is 5.75 Å². The predicted octanol–water partition coefficient (Wildman–Crippen LogP) is 1.30. The molecule has 0 bridgehead atoms. The highest BCUT2D eigenvalue weighted by atomic mass is 16.5. The lowest BCUT2D eigenvalue weighted by atomic mass is 10.2. The lowest BCUT2D eigenvalue weighted by Gasteiger charge is -2.36. The van der Waals surface area contributed by atoms with Gasteiger partial charge in [-0.1, -0.05) is 18.2 Å². The summed E-state index contributed by atoms with van der Waals surface area (Å²) in [6.45, 7) is 4.63. The van der Waals surface area contributed by atoms with Gasteiger partial charge in [-0.25, -0.2) is 0 Å². The summed E-state index contributed by atoms with van der Waals surface area (Å²) in [4.78, 5) is 28.4. The quantitative estimate of drug-likeness (QED) is 0.834. The monoisotopic (exact) mass is 332 g/mol. The van der Waals surface area contributed by atoms with Crippen LogP contribution in [0.4, 0.5) is 0 Å². The third kappa shape index (κ3) is 3.87. The van der Waals surface area contributed by atoms with Crippen molar-refractivity contribution in [2.45, 2.75) is 32.0 Å². The van der Waals surface area contributed by atoms with Crippen LogP contribution in [0.2, 0.25) is 0 Å². The van der Waals surface area contributed by atoms with Gasteiger partial charge in [0.15, 0.2) is 6.10 Å². The number of benzene rings is 1. The van der Waals surface area contributed by atoms with Crippen molar-refractivity contribution < 1.29 is 19.1 Å². The second-order valence-corrected chi connectivity index (χ2v) is 6.23. The summed E-state index contributed by atoms with van der Waals surface area (Å²) in [5, 5.41) is 0. The molecule has 2 aliphatic heterocycles. The van der Waals surface area contributed by atoms with E-state index in [1.54, 1.807) is 11.8 Å². The van der Waals surface area contributed by atoms with Gasteiger partial charge < -0.3 is 19.3 Å². The molecule has 24 heavy (non-hydrogen) atoms. The Bertz CT molecular complexity index is 564. The second kappa shape index (κ2) is 7.66. The first kappa shape index (κ1) is 16.8. The number of amides is 2. The van der Waals surface area contributed by atoms with E-state index in [1.165, 1.54) is 0 Å². The summed E-state index contributed by atoms with van der Waals surface area (Å²) in [5.74, 6) is 0.710. The van der Waals surface area contributed by atoms with Crippen molar-refractivity contribution in [3.05, 3.63) is 30.3 Å². The standard InChI is InChI=1S/C18H24N2O4/c1-14(24-15-6-3-2-4-7-15)17(21)19-9-11-20(12-10-19)18(22)16-8-5-13-23-16/h2-4,6-7,14,16H,5,8-13H2,1H3. The smallest absolute Gasteiger partial charge is 0.263 e. The number of piperazine rings is 1. The zero-order chi connectivity index (χ0) is 16.9. The molecule has 6 heteroatoms. The van der Waals surface area contributed by atoms with Crippen molar-refractivity contribution in [1.82, 2.24) is 9.80 Å². The minimum Gasteiger partial charge on any atom is -0.481 e. The molecule has 3 rings (SSSR count). The fourth-order valence-corrected chi connectivity index (χ4v) is 3.13. The number of hydrogen-bond acceptors (Lipinski definition) is 4. The van der Waals surface area contributed by atoms with E-state index < -0.39 is 6.10 Å². The van der Waals surface area contributed by atoms with Crippen molar-refractivity contribution in [2.24, 2.45) is 0 Å². The Labute approximate surface area is 142 Å². The minimum atomic E-state index is -0.534. The molecule has 2 amide bonds. The van der Waals surface area contributed by atoms with Crippen LogP contribution in [-0.4, -0.2) is 66.6 Å². The average molecular weight is 332 g/mol. The van der Waals surface area contributed by atoms with E-state index in [9.17, 15) is 9.59 Å². The van der Waals surface area contributed by atoms with Gasteiger partial charge in [-0.2, -0.15) is 0 Å². The molecule has 2 unspecified atom stereocenters. The number of carbonyl (C=O) groups excluding carboxylic acids is 2. The SMILES string of the molecule is CC(Oc1ccccc1)C(=O)N1CCN(C(=O)C2CCCO2)CC1. The Kier molecular flexibility index (Phi) is 5.35. The lowest BCUT2D eigenvalue weighted by Crippen LogP contribution is -2.54.